The van der Waals surface area contributed by atoms with Crippen LogP contribution in [0.5, 0.6) is 5.75 Å². The number of aryl methyl sites for hydroxylation is 1. The minimum absolute atomic E-state index is 0.520. The summed E-state index contributed by atoms with van der Waals surface area (Å²) in [4.78, 5) is 22.3. The summed E-state index contributed by atoms with van der Waals surface area (Å²) in [7, 11) is 1.32. The number of benzene rings is 3. The molecule has 0 fully saturated rings. The Kier molecular flexibility index (Phi) is 5.48. The van der Waals surface area contributed by atoms with Gasteiger partial charge in [-0.1, -0.05) is 60.7 Å². The van der Waals surface area contributed by atoms with Crippen molar-refractivity contribution >= 4 is 11.8 Å². The first-order valence-electron chi connectivity index (χ1n) is 9.49. The molecule has 1 aromatic heterocycles. The predicted octanol–water partition coefficient (Wildman–Crippen LogP) is 5.55. The number of methoxy groups -OCH3 is 1. The second kappa shape index (κ2) is 8.53. The molecule has 0 radical (unpaired) electrons. The molecular weight excluding hydrogens is 378 g/mol. The van der Waals surface area contributed by atoms with Crippen molar-refractivity contribution in [3.8, 4) is 28.3 Å². The highest BCUT2D eigenvalue weighted by atomic mass is 16.7. The highest BCUT2D eigenvalue weighted by molar-refractivity contribution is 5.84. The highest BCUT2D eigenvalue weighted by Gasteiger charge is 2.19. The minimum Gasteiger partial charge on any atom is -0.453 e. The highest BCUT2D eigenvalue weighted by Crippen LogP contribution is 2.33. The largest absolute Gasteiger partial charge is 0.453 e. The summed E-state index contributed by atoms with van der Waals surface area (Å²) >= 11 is 0. The standard InChI is InChI=1S/C24H21N3O3/c1-17-25-22(18-9-5-3-6-10-18)23(19-11-7-4-8-12-19)27(17)30-21-15-13-20(14-16-21)26-24(28)29-2/h3-16H,1-2H3,(H,26,28). The summed E-state index contributed by atoms with van der Waals surface area (Å²) in [6, 6.07) is 27.1. The van der Waals surface area contributed by atoms with Gasteiger partial charge in [-0.2, -0.15) is 4.73 Å². The van der Waals surface area contributed by atoms with Crippen LogP contribution in [0.15, 0.2) is 84.9 Å². The van der Waals surface area contributed by atoms with Gasteiger partial charge in [0.1, 0.15) is 17.2 Å². The molecule has 0 aliphatic heterocycles. The molecule has 0 atom stereocenters. The molecule has 0 aliphatic carbocycles. The molecule has 0 unspecified atom stereocenters. The third-order valence-corrected chi connectivity index (χ3v) is 4.57. The summed E-state index contributed by atoms with van der Waals surface area (Å²) in [5, 5.41) is 2.62. The lowest BCUT2D eigenvalue weighted by Gasteiger charge is -2.13. The van der Waals surface area contributed by atoms with Crippen molar-refractivity contribution in [3.63, 3.8) is 0 Å². The molecule has 30 heavy (non-hydrogen) atoms. The average Bonchev–Trinajstić information content (AvgIpc) is 3.12. The Labute approximate surface area is 174 Å². The number of carbonyl (C=O) groups is 1. The SMILES string of the molecule is COC(=O)Nc1ccc(On2c(C)nc(-c3ccccc3)c2-c2ccccc2)cc1. The molecule has 0 spiro atoms. The molecule has 0 saturated heterocycles. The molecule has 6 heteroatoms. The van der Waals surface area contributed by atoms with Crippen molar-refractivity contribution in [2.24, 2.45) is 0 Å². The molecule has 1 heterocycles. The summed E-state index contributed by atoms with van der Waals surface area (Å²) in [6.07, 6.45) is -0.520. The Bertz CT molecular complexity index is 1140. The fourth-order valence-electron chi connectivity index (χ4n) is 3.15. The first kappa shape index (κ1) is 19.3. The van der Waals surface area contributed by atoms with E-state index in [1.807, 2.05) is 67.6 Å². The van der Waals surface area contributed by atoms with E-state index in [4.69, 9.17) is 9.82 Å². The number of rotatable bonds is 5. The van der Waals surface area contributed by atoms with Crippen molar-refractivity contribution in [2.75, 3.05) is 12.4 Å². The van der Waals surface area contributed by atoms with Gasteiger partial charge in [-0.15, -0.1) is 0 Å². The van der Waals surface area contributed by atoms with Crippen molar-refractivity contribution in [2.45, 2.75) is 6.92 Å². The number of hydrogen-bond donors (Lipinski definition) is 1. The van der Waals surface area contributed by atoms with Crippen molar-refractivity contribution in [3.05, 3.63) is 90.8 Å². The molecule has 4 aromatic rings. The predicted molar refractivity (Wildman–Crippen MR) is 116 cm³/mol. The second-order valence-corrected chi connectivity index (χ2v) is 6.61. The molecular formula is C24H21N3O3. The van der Waals surface area contributed by atoms with E-state index in [0.29, 0.717) is 11.4 Å². The summed E-state index contributed by atoms with van der Waals surface area (Å²) in [6.45, 7) is 1.91. The van der Waals surface area contributed by atoms with E-state index in [9.17, 15) is 4.79 Å². The zero-order chi connectivity index (χ0) is 20.9. The lowest BCUT2D eigenvalue weighted by atomic mass is 10.1. The molecule has 1 N–H and O–H groups in total. The third kappa shape index (κ3) is 4.03. The van der Waals surface area contributed by atoms with Crippen LogP contribution in [0.2, 0.25) is 0 Å². The topological polar surface area (TPSA) is 65.4 Å². The number of imidazole rings is 1. The number of carbonyl (C=O) groups excluding carboxylic acids is 1. The third-order valence-electron chi connectivity index (χ3n) is 4.57. The quantitative estimate of drug-likeness (QED) is 0.478. The fraction of sp³-hybridized carbons (Fsp3) is 0.0833. The van der Waals surface area contributed by atoms with Gasteiger partial charge in [-0.25, -0.2) is 9.78 Å². The summed E-state index contributed by atoms with van der Waals surface area (Å²) < 4.78 is 6.35. The van der Waals surface area contributed by atoms with E-state index in [1.54, 1.807) is 29.0 Å². The molecule has 0 bridgehead atoms. The number of nitrogens with zero attached hydrogens (tertiary/aromatic N) is 2. The van der Waals surface area contributed by atoms with Crippen molar-refractivity contribution in [1.29, 1.82) is 0 Å². The van der Waals surface area contributed by atoms with E-state index in [2.05, 4.69) is 10.1 Å². The van der Waals surface area contributed by atoms with Crippen molar-refractivity contribution < 1.29 is 14.4 Å². The van der Waals surface area contributed by atoms with Gasteiger partial charge < -0.3 is 9.57 Å². The van der Waals surface area contributed by atoms with Gasteiger partial charge in [0.2, 0.25) is 0 Å². The maximum absolute atomic E-state index is 11.4. The van der Waals surface area contributed by atoms with Crippen molar-refractivity contribution in [1.82, 2.24) is 9.71 Å². The second-order valence-electron chi connectivity index (χ2n) is 6.61. The average molecular weight is 399 g/mol. The maximum Gasteiger partial charge on any atom is 0.411 e. The van der Waals surface area contributed by atoms with Gasteiger partial charge in [0.25, 0.3) is 0 Å². The van der Waals surface area contributed by atoms with Crippen LogP contribution in [0.25, 0.3) is 22.5 Å². The molecule has 150 valence electrons. The minimum atomic E-state index is -0.520. The van der Waals surface area contributed by atoms with Crippen LogP contribution in [-0.2, 0) is 4.74 Å². The smallest absolute Gasteiger partial charge is 0.411 e. The molecule has 6 nitrogen and oxygen atoms in total. The first-order chi connectivity index (χ1) is 14.7. The first-order valence-corrected chi connectivity index (χ1v) is 9.49. The fourth-order valence-corrected chi connectivity index (χ4v) is 3.15. The van der Waals surface area contributed by atoms with E-state index in [-0.39, 0.29) is 0 Å². The Morgan fingerprint density at radius 1 is 0.867 bits per heavy atom. The zero-order valence-electron chi connectivity index (χ0n) is 16.7. The van der Waals surface area contributed by atoms with Gasteiger partial charge in [0, 0.05) is 16.8 Å². The Hall–Kier alpha value is -4.06. The maximum atomic E-state index is 11.4. The summed E-state index contributed by atoms with van der Waals surface area (Å²) in [5.74, 6) is 1.34. The normalized spacial score (nSPS) is 10.5. The van der Waals surface area contributed by atoms with E-state index in [0.717, 1.165) is 28.3 Å². The lowest BCUT2D eigenvalue weighted by Crippen LogP contribution is -2.11. The summed E-state index contributed by atoms with van der Waals surface area (Å²) in [5.41, 5.74) is 4.35. The molecule has 3 aromatic carbocycles. The Balaban J connectivity index is 1.73. The van der Waals surface area contributed by atoms with Gasteiger partial charge in [0.05, 0.1) is 7.11 Å². The van der Waals surface area contributed by atoms with Gasteiger partial charge in [-0.05, 0) is 31.2 Å². The molecule has 0 aliphatic rings. The van der Waals surface area contributed by atoms with Gasteiger partial charge in [0.15, 0.2) is 5.75 Å². The number of ether oxygens (including phenoxy) is 1. The zero-order valence-corrected chi connectivity index (χ0v) is 16.7. The Morgan fingerprint density at radius 3 is 2.07 bits per heavy atom. The molecule has 4 rings (SSSR count). The lowest BCUT2D eigenvalue weighted by molar-refractivity contribution is 0.187. The number of amides is 1. The monoisotopic (exact) mass is 399 g/mol. The number of aromatic nitrogens is 2. The van der Waals surface area contributed by atoms with Gasteiger partial charge in [-0.3, -0.25) is 5.32 Å². The van der Waals surface area contributed by atoms with Crippen LogP contribution in [0.4, 0.5) is 10.5 Å². The number of nitrogens with one attached hydrogen (secondary N) is 1. The molecule has 1 amide bonds. The van der Waals surface area contributed by atoms with Crippen LogP contribution in [0.3, 0.4) is 0 Å². The van der Waals surface area contributed by atoms with Crippen LogP contribution in [-0.4, -0.2) is 22.9 Å². The van der Waals surface area contributed by atoms with Crippen LogP contribution >= 0.6 is 0 Å². The van der Waals surface area contributed by atoms with Crippen LogP contribution in [0.1, 0.15) is 5.82 Å². The van der Waals surface area contributed by atoms with Crippen LogP contribution in [0, 0.1) is 6.92 Å². The van der Waals surface area contributed by atoms with Gasteiger partial charge >= 0.3 is 6.09 Å². The van der Waals surface area contributed by atoms with E-state index >= 15 is 0 Å². The Morgan fingerprint density at radius 2 is 1.47 bits per heavy atom. The van der Waals surface area contributed by atoms with Crippen LogP contribution < -0.4 is 10.2 Å². The number of anilines is 1. The molecule has 0 saturated carbocycles. The number of hydrogen-bond acceptors (Lipinski definition) is 4. The van der Waals surface area contributed by atoms with E-state index < -0.39 is 6.09 Å². The van der Waals surface area contributed by atoms with E-state index in [1.165, 1.54) is 7.11 Å².